The van der Waals surface area contributed by atoms with E-state index in [4.69, 9.17) is 0 Å². The van der Waals surface area contributed by atoms with E-state index in [9.17, 15) is 8.42 Å². The average Bonchev–Trinajstić information content (AvgIpc) is 3.02. The third-order valence-corrected chi connectivity index (χ3v) is 4.99. The Morgan fingerprint density at radius 2 is 1.96 bits per heavy atom. The first-order valence-electron chi connectivity index (χ1n) is 7.65. The van der Waals surface area contributed by atoms with Crippen molar-refractivity contribution in [2.45, 2.75) is 31.2 Å². The fraction of sp³-hybridized carbons (Fsp3) is 0.312. The van der Waals surface area contributed by atoms with Gasteiger partial charge in [0.1, 0.15) is 6.33 Å². The molecular formula is C16H19N5O2S. The molecule has 0 aliphatic carbocycles. The number of aryl methyl sites for hydroxylation is 1. The van der Waals surface area contributed by atoms with Crippen LogP contribution in [0.25, 0.3) is 5.65 Å². The summed E-state index contributed by atoms with van der Waals surface area (Å²) in [5.41, 5.74) is 3.42. The van der Waals surface area contributed by atoms with Crippen LogP contribution in [-0.4, -0.2) is 34.5 Å². The number of benzene rings is 1. The minimum absolute atomic E-state index is 0.0220. The highest BCUT2D eigenvalue weighted by Crippen LogP contribution is 2.23. The minimum Gasteiger partial charge on any atom is -0.375 e. The second kappa shape index (κ2) is 6.20. The molecule has 0 spiro atoms. The van der Waals surface area contributed by atoms with Crippen molar-refractivity contribution in [1.82, 2.24) is 19.8 Å². The molecule has 0 radical (unpaired) electrons. The number of anilines is 1. The second-order valence-corrected chi connectivity index (χ2v) is 7.72. The zero-order valence-electron chi connectivity index (χ0n) is 13.8. The van der Waals surface area contributed by atoms with Crippen LogP contribution in [0.1, 0.15) is 31.1 Å². The summed E-state index contributed by atoms with van der Waals surface area (Å²) in [6.45, 7) is 4.05. The lowest BCUT2D eigenvalue weighted by Crippen LogP contribution is -2.10. The summed E-state index contributed by atoms with van der Waals surface area (Å²) in [7, 11) is -3.18. The lowest BCUT2D eigenvalue weighted by Gasteiger charge is -2.17. The van der Waals surface area contributed by atoms with E-state index in [0.29, 0.717) is 10.5 Å². The van der Waals surface area contributed by atoms with Crippen LogP contribution in [0.15, 0.2) is 41.6 Å². The van der Waals surface area contributed by atoms with E-state index in [-0.39, 0.29) is 6.04 Å². The van der Waals surface area contributed by atoms with Crippen LogP contribution in [0.4, 0.5) is 5.69 Å². The summed E-state index contributed by atoms with van der Waals surface area (Å²) >= 11 is 0. The van der Waals surface area contributed by atoms with Gasteiger partial charge in [0.2, 0.25) is 5.65 Å². The number of nitrogens with one attached hydrogen (secondary N) is 1. The molecule has 0 fully saturated rings. The Morgan fingerprint density at radius 1 is 1.25 bits per heavy atom. The Labute approximate surface area is 140 Å². The van der Waals surface area contributed by atoms with E-state index in [2.05, 4.69) is 20.6 Å². The van der Waals surface area contributed by atoms with E-state index >= 15 is 0 Å². The molecule has 126 valence electrons. The molecule has 7 nitrogen and oxygen atoms in total. The molecule has 3 aromatic rings. The van der Waals surface area contributed by atoms with Crippen LogP contribution in [-0.2, 0) is 16.3 Å². The first-order valence-corrected chi connectivity index (χ1v) is 9.54. The molecule has 0 aliphatic rings. The van der Waals surface area contributed by atoms with Gasteiger partial charge >= 0.3 is 0 Å². The van der Waals surface area contributed by atoms with Gasteiger partial charge in [-0.1, -0.05) is 19.1 Å². The zero-order valence-corrected chi connectivity index (χ0v) is 14.6. The molecule has 3 rings (SSSR count). The molecule has 0 saturated carbocycles. The van der Waals surface area contributed by atoms with Crippen molar-refractivity contribution in [2.24, 2.45) is 0 Å². The molecule has 1 unspecified atom stereocenters. The maximum absolute atomic E-state index is 11.6. The largest absolute Gasteiger partial charge is 0.375 e. The topological polar surface area (TPSA) is 89.2 Å². The quantitative estimate of drug-likeness (QED) is 0.763. The molecular weight excluding hydrogens is 326 g/mol. The van der Waals surface area contributed by atoms with E-state index < -0.39 is 9.84 Å². The van der Waals surface area contributed by atoms with Gasteiger partial charge in [-0.15, -0.1) is 10.2 Å². The lowest BCUT2D eigenvalue weighted by molar-refractivity contribution is 0.602. The standard InChI is InChI=1S/C16H19N5O2S/c1-4-13-9-15(16-19-17-10-21(16)20-13)18-11(2)12-5-7-14(8-6-12)24(3,22)23/h5-11,18H,4H2,1-3H3. The third kappa shape index (κ3) is 3.23. The Bertz CT molecular complexity index is 964. The summed E-state index contributed by atoms with van der Waals surface area (Å²) in [4.78, 5) is 0.315. The molecule has 2 aromatic heterocycles. The summed E-state index contributed by atoms with van der Waals surface area (Å²) in [6, 6.07) is 8.82. The van der Waals surface area contributed by atoms with E-state index in [0.717, 1.165) is 23.4 Å². The molecule has 0 amide bonds. The van der Waals surface area contributed by atoms with E-state index in [1.807, 2.05) is 32.0 Å². The highest BCUT2D eigenvalue weighted by molar-refractivity contribution is 7.90. The Morgan fingerprint density at radius 3 is 2.58 bits per heavy atom. The van der Waals surface area contributed by atoms with Crippen LogP contribution in [0, 0.1) is 0 Å². The maximum atomic E-state index is 11.6. The van der Waals surface area contributed by atoms with Gasteiger partial charge in [0.15, 0.2) is 9.84 Å². The van der Waals surface area contributed by atoms with Gasteiger partial charge in [0, 0.05) is 12.3 Å². The van der Waals surface area contributed by atoms with Gasteiger partial charge in [-0.3, -0.25) is 0 Å². The molecule has 0 aliphatic heterocycles. The van der Waals surface area contributed by atoms with E-state index in [1.54, 1.807) is 23.0 Å². The number of fused-ring (bicyclic) bond motifs is 1. The SMILES string of the molecule is CCc1cc(NC(C)c2ccc(S(C)(=O)=O)cc2)c2nncn2n1. The fourth-order valence-electron chi connectivity index (χ4n) is 2.48. The highest BCUT2D eigenvalue weighted by Gasteiger charge is 2.13. The Kier molecular flexibility index (Phi) is 4.23. The number of nitrogens with zero attached hydrogens (tertiary/aromatic N) is 4. The molecule has 1 aromatic carbocycles. The maximum Gasteiger partial charge on any atom is 0.200 e. The summed E-state index contributed by atoms with van der Waals surface area (Å²) in [5, 5.41) is 15.8. The normalized spacial score (nSPS) is 13.1. The molecule has 1 N–H and O–H groups in total. The molecule has 0 saturated heterocycles. The van der Waals surface area contributed by atoms with Crippen LogP contribution in [0.2, 0.25) is 0 Å². The van der Waals surface area contributed by atoms with Crippen LogP contribution in [0.3, 0.4) is 0 Å². The van der Waals surface area contributed by atoms with Crippen molar-refractivity contribution in [3.05, 3.63) is 47.9 Å². The lowest BCUT2D eigenvalue weighted by atomic mass is 10.1. The minimum atomic E-state index is -3.18. The summed E-state index contributed by atoms with van der Waals surface area (Å²) in [5.74, 6) is 0. The van der Waals surface area contributed by atoms with Gasteiger partial charge in [-0.25, -0.2) is 8.42 Å². The van der Waals surface area contributed by atoms with Gasteiger partial charge in [-0.2, -0.15) is 9.61 Å². The van der Waals surface area contributed by atoms with Gasteiger partial charge in [-0.05, 0) is 37.1 Å². The van der Waals surface area contributed by atoms with Crippen molar-refractivity contribution < 1.29 is 8.42 Å². The molecule has 24 heavy (non-hydrogen) atoms. The van der Waals surface area contributed by atoms with Crippen molar-refractivity contribution in [1.29, 1.82) is 0 Å². The number of aromatic nitrogens is 4. The third-order valence-electron chi connectivity index (χ3n) is 3.86. The summed E-state index contributed by atoms with van der Waals surface area (Å²) in [6.07, 6.45) is 3.58. The van der Waals surface area contributed by atoms with Gasteiger partial charge in [0.05, 0.1) is 16.3 Å². The van der Waals surface area contributed by atoms with Crippen molar-refractivity contribution in [3.8, 4) is 0 Å². The van der Waals surface area contributed by atoms with Gasteiger partial charge in [0.25, 0.3) is 0 Å². The van der Waals surface area contributed by atoms with E-state index in [1.165, 1.54) is 6.26 Å². The summed E-state index contributed by atoms with van der Waals surface area (Å²) < 4.78 is 24.8. The van der Waals surface area contributed by atoms with Crippen molar-refractivity contribution in [2.75, 3.05) is 11.6 Å². The number of sulfone groups is 1. The zero-order chi connectivity index (χ0) is 17.3. The monoisotopic (exact) mass is 345 g/mol. The van der Waals surface area contributed by atoms with Crippen LogP contribution in [0.5, 0.6) is 0 Å². The number of hydrogen-bond donors (Lipinski definition) is 1. The highest BCUT2D eigenvalue weighted by atomic mass is 32.2. The van der Waals surface area contributed by atoms with Crippen molar-refractivity contribution >= 4 is 21.2 Å². The molecule has 2 heterocycles. The van der Waals surface area contributed by atoms with Crippen LogP contribution >= 0.6 is 0 Å². The first kappa shape index (κ1) is 16.4. The number of hydrogen-bond acceptors (Lipinski definition) is 6. The molecule has 0 bridgehead atoms. The predicted octanol–water partition coefficient (Wildman–Crippen LogP) is 2.26. The fourth-order valence-corrected chi connectivity index (χ4v) is 3.11. The Hall–Kier alpha value is -2.48. The van der Waals surface area contributed by atoms with Crippen LogP contribution < -0.4 is 5.32 Å². The molecule has 1 atom stereocenters. The molecule has 8 heteroatoms. The smallest absolute Gasteiger partial charge is 0.200 e. The second-order valence-electron chi connectivity index (χ2n) is 5.71. The van der Waals surface area contributed by atoms with Crippen molar-refractivity contribution in [3.63, 3.8) is 0 Å². The average molecular weight is 345 g/mol. The predicted molar refractivity (Wildman–Crippen MR) is 91.7 cm³/mol. The first-order chi connectivity index (χ1) is 11.4. The Balaban J connectivity index is 1.89. The van der Waals surface area contributed by atoms with Gasteiger partial charge < -0.3 is 5.32 Å². The number of rotatable bonds is 5.